The van der Waals surface area contributed by atoms with Crippen LogP contribution in [0.25, 0.3) is 0 Å². The molecule has 3 aromatic rings. The van der Waals surface area contributed by atoms with E-state index in [1.807, 2.05) is 25.1 Å². The Bertz CT molecular complexity index is 863. The third-order valence-electron chi connectivity index (χ3n) is 3.30. The van der Waals surface area contributed by atoms with Crippen LogP contribution >= 0.6 is 11.8 Å². The average Bonchev–Trinajstić information content (AvgIpc) is 3.01. The van der Waals surface area contributed by atoms with Crippen molar-refractivity contribution in [3.8, 4) is 0 Å². The molecule has 0 unspecified atom stereocenters. The molecule has 0 aliphatic heterocycles. The largest absolute Gasteiger partial charge is 0.360 e. The minimum Gasteiger partial charge on any atom is -0.360 e. The summed E-state index contributed by atoms with van der Waals surface area (Å²) in [6.07, 6.45) is 0. The zero-order chi connectivity index (χ0) is 16.9. The topological polar surface area (TPSA) is 55.1 Å². The van der Waals surface area contributed by atoms with Gasteiger partial charge in [-0.15, -0.1) is 11.8 Å². The molecule has 1 aromatic heterocycles. The summed E-state index contributed by atoms with van der Waals surface area (Å²) < 4.78 is 18.9. The highest BCUT2D eigenvalue weighted by Crippen LogP contribution is 2.27. The van der Waals surface area contributed by atoms with E-state index < -0.39 is 5.82 Å². The fourth-order valence-corrected chi connectivity index (χ4v) is 3.09. The summed E-state index contributed by atoms with van der Waals surface area (Å²) in [6.45, 7) is 1.85. The number of para-hydroxylation sites is 1. The highest BCUT2D eigenvalue weighted by Gasteiger charge is 2.14. The van der Waals surface area contributed by atoms with E-state index >= 15 is 0 Å². The maximum atomic E-state index is 13.7. The predicted molar refractivity (Wildman–Crippen MR) is 91.6 cm³/mol. The van der Waals surface area contributed by atoms with Gasteiger partial charge >= 0.3 is 0 Å². The van der Waals surface area contributed by atoms with Gasteiger partial charge in [-0.05, 0) is 31.2 Å². The molecular weight excluding hydrogens is 327 g/mol. The molecular formula is C18H15FN2O2S. The Morgan fingerprint density at radius 1 is 1.21 bits per heavy atom. The zero-order valence-electron chi connectivity index (χ0n) is 13.0. The lowest BCUT2D eigenvalue weighted by molar-refractivity contribution is 0.102. The minimum absolute atomic E-state index is 0.160. The number of anilines is 1. The molecule has 0 spiro atoms. The number of aryl methyl sites for hydroxylation is 1. The number of hydrogen-bond donors (Lipinski definition) is 1. The molecule has 24 heavy (non-hydrogen) atoms. The van der Waals surface area contributed by atoms with Gasteiger partial charge in [0, 0.05) is 11.0 Å². The van der Waals surface area contributed by atoms with Crippen LogP contribution in [0.1, 0.15) is 21.8 Å². The third kappa shape index (κ3) is 3.83. The Labute approximate surface area is 143 Å². The number of nitrogens with zero attached hydrogens (tertiary/aromatic N) is 1. The number of carbonyl (C=O) groups excluding carboxylic acids is 1. The lowest BCUT2D eigenvalue weighted by Gasteiger charge is -2.10. The number of nitrogens with one attached hydrogen (secondary N) is 1. The second-order valence-electron chi connectivity index (χ2n) is 5.15. The molecule has 0 saturated heterocycles. The smallest absolute Gasteiger partial charge is 0.256 e. The normalized spacial score (nSPS) is 10.6. The molecule has 2 aromatic carbocycles. The summed E-state index contributed by atoms with van der Waals surface area (Å²) in [4.78, 5) is 13.3. The molecule has 6 heteroatoms. The molecule has 122 valence electrons. The lowest BCUT2D eigenvalue weighted by Crippen LogP contribution is -2.13. The molecule has 0 atom stereocenters. The molecule has 4 nitrogen and oxygen atoms in total. The van der Waals surface area contributed by atoms with Gasteiger partial charge in [-0.25, -0.2) is 4.39 Å². The van der Waals surface area contributed by atoms with Crippen molar-refractivity contribution < 1.29 is 13.7 Å². The van der Waals surface area contributed by atoms with Crippen molar-refractivity contribution in [1.82, 2.24) is 5.16 Å². The second-order valence-corrected chi connectivity index (χ2v) is 6.17. The number of halogens is 1. The fourth-order valence-electron chi connectivity index (χ4n) is 2.17. The van der Waals surface area contributed by atoms with Gasteiger partial charge in [-0.2, -0.15) is 0 Å². The van der Waals surface area contributed by atoms with E-state index in [0.29, 0.717) is 11.3 Å². The van der Waals surface area contributed by atoms with E-state index in [-0.39, 0.29) is 11.6 Å². The molecule has 0 saturated carbocycles. The SMILES string of the molecule is Cc1cc(CSc2ccccc2C(=O)Nc2ccccc2F)on1. The van der Waals surface area contributed by atoms with Crippen molar-refractivity contribution in [3.05, 3.63) is 77.4 Å². The first-order valence-electron chi connectivity index (χ1n) is 7.33. The van der Waals surface area contributed by atoms with E-state index in [1.54, 1.807) is 24.3 Å². The van der Waals surface area contributed by atoms with Gasteiger partial charge in [0.2, 0.25) is 0 Å². The van der Waals surface area contributed by atoms with Gasteiger partial charge in [0.1, 0.15) is 11.6 Å². The van der Waals surface area contributed by atoms with Gasteiger partial charge in [0.05, 0.1) is 22.7 Å². The predicted octanol–water partition coefficient (Wildman–Crippen LogP) is 4.67. The number of carbonyl (C=O) groups is 1. The number of benzene rings is 2. The van der Waals surface area contributed by atoms with E-state index in [9.17, 15) is 9.18 Å². The molecule has 3 rings (SSSR count). The number of hydrogen-bond acceptors (Lipinski definition) is 4. The van der Waals surface area contributed by atoms with Crippen molar-refractivity contribution >= 4 is 23.4 Å². The van der Waals surface area contributed by atoms with E-state index in [2.05, 4.69) is 10.5 Å². The Morgan fingerprint density at radius 2 is 1.96 bits per heavy atom. The van der Waals surface area contributed by atoms with Crippen LogP contribution < -0.4 is 5.32 Å². The Balaban J connectivity index is 1.75. The Morgan fingerprint density at radius 3 is 2.71 bits per heavy atom. The molecule has 0 radical (unpaired) electrons. The number of thioether (sulfide) groups is 1. The summed E-state index contributed by atoms with van der Waals surface area (Å²) in [5, 5.41) is 6.45. The highest BCUT2D eigenvalue weighted by atomic mass is 32.2. The van der Waals surface area contributed by atoms with Crippen LogP contribution in [-0.4, -0.2) is 11.1 Å². The van der Waals surface area contributed by atoms with Gasteiger partial charge in [0.25, 0.3) is 5.91 Å². The zero-order valence-corrected chi connectivity index (χ0v) is 13.8. The van der Waals surface area contributed by atoms with Gasteiger partial charge in [-0.1, -0.05) is 29.4 Å². The van der Waals surface area contributed by atoms with Gasteiger partial charge < -0.3 is 9.84 Å². The standard InChI is InChI=1S/C18H15FN2O2S/c1-12-10-13(23-21-12)11-24-17-9-5-2-6-14(17)18(22)20-16-8-4-3-7-15(16)19/h2-10H,11H2,1H3,(H,20,22). The van der Waals surface area contributed by atoms with E-state index in [4.69, 9.17) is 4.52 Å². The second kappa shape index (κ2) is 7.31. The van der Waals surface area contributed by atoms with Crippen molar-refractivity contribution in [2.45, 2.75) is 17.6 Å². The number of amides is 1. The maximum absolute atomic E-state index is 13.7. The van der Waals surface area contributed by atoms with Crippen molar-refractivity contribution in [1.29, 1.82) is 0 Å². The van der Waals surface area contributed by atoms with Crippen LogP contribution in [-0.2, 0) is 5.75 Å². The summed E-state index contributed by atoms with van der Waals surface area (Å²) in [6, 6.07) is 15.1. The lowest BCUT2D eigenvalue weighted by atomic mass is 10.2. The summed E-state index contributed by atoms with van der Waals surface area (Å²) in [5.74, 6) is 0.483. The van der Waals surface area contributed by atoms with Crippen LogP contribution in [0, 0.1) is 12.7 Å². The average molecular weight is 342 g/mol. The van der Waals surface area contributed by atoms with Gasteiger partial charge in [0.15, 0.2) is 0 Å². The quantitative estimate of drug-likeness (QED) is 0.685. The third-order valence-corrected chi connectivity index (χ3v) is 4.40. The summed E-state index contributed by atoms with van der Waals surface area (Å²) in [5.41, 5.74) is 1.46. The monoisotopic (exact) mass is 342 g/mol. The highest BCUT2D eigenvalue weighted by molar-refractivity contribution is 7.98. The minimum atomic E-state index is -0.465. The number of rotatable bonds is 5. The Hall–Kier alpha value is -2.60. The summed E-state index contributed by atoms with van der Waals surface area (Å²) >= 11 is 1.47. The van der Waals surface area contributed by atoms with Crippen LogP contribution in [0.2, 0.25) is 0 Å². The molecule has 1 N–H and O–H groups in total. The summed E-state index contributed by atoms with van der Waals surface area (Å²) in [7, 11) is 0. The van der Waals surface area contributed by atoms with Crippen LogP contribution in [0.4, 0.5) is 10.1 Å². The van der Waals surface area contributed by atoms with Crippen LogP contribution in [0.3, 0.4) is 0 Å². The first-order valence-corrected chi connectivity index (χ1v) is 8.32. The molecule has 0 fully saturated rings. The van der Waals surface area contributed by atoms with Gasteiger partial charge in [-0.3, -0.25) is 4.79 Å². The maximum Gasteiger partial charge on any atom is 0.256 e. The molecule has 0 bridgehead atoms. The molecule has 1 heterocycles. The molecule has 0 aliphatic carbocycles. The van der Waals surface area contributed by atoms with Crippen molar-refractivity contribution in [3.63, 3.8) is 0 Å². The van der Waals surface area contributed by atoms with E-state index in [1.165, 1.54) is 23.9 Å². The fraction of sp³-hybridized carbons (Fsp3) is 0.111. The van der Waals surface area contributed by atoms with Crippen LogP contribution in [0.5, 0.6) is 0 Å². The number of aromatic nitrogens is 1. The Kier molecular flexibility index (Phi) is 4.96. The first kappa shape index (κ1) is 16.3. The van der Waals surface area contributed by atoms with Crippen molar-refractivity contribution in [2.75, 3.05) is 5.32 Å². The van der Waals surface area contributed by atoms with E-state index in [0.717, 1.165) is 16.3 Å². The van der Waals surface area contributed by atoms with Crippen LogP contribution in [0.15, 0.2) is 64.0 Å². The first-order chi connectivity index (χ1) is 11.6. The molecule has 0 aliphatic rings. The van der Waals surface area contributed by atoms with Crippen molar-refractivity contribution in [2.24, 2.45) is 0 Å². The molecule has 1 amide bonds.